The van der Waals surface area contributed by atoms with Gasteiger partial charge in [0.1, 0.15) is 5.70 Å². The smallest absolute Gasteiger partial charge is 0.352 e. The molecule has 1 amide bonds. The second-order valence-electron chi connectivity index (χ2n) is 4.50. The van der Waals surface area contributed by atoms with Crippen LogP contribution in [0.3, 0.4) is 0 Å². The van der Waals surface area contributed by atoms with Crippen LogP contribution in [0.15, 0.2) is 24.4 Å². The zero-order chi connectivity index (χ0) is 14.5. The van der Waals surface area contributed by atoms with Crippen LogP contribution in [0.25, 0.3) is 0 Å². The zero-order valence-corrected chi connectivity index (χ0v) is 11.8. The number of nitrogens with one attached hydrogen (secondary N) is 1. The first-order chi connectivity index (χ1) is 9.11. The first kappa shape index (κ1) is 17.4. The summed E-state index contributed by atoms with van der Waals surface area (Å²) < 4.78 is 0. The van der Waals surface area contributed by atoms with Crippen molar-refractivity contribution in [3.63, 3.8) is 0 Å². The minimum absolute atomic E-state index is 0.0468. The van der Waals surface area contributed by atoms with Crippen molar-refractivity contribution in [2.24, 2.45) is 0 Å². The number of carbonyl (C=O) groups excluding carboxylic acids is 1. The summed E-state index contributed by atoms with van der Waals surface area (Å²) in [4.78, 5) is 22.1. The Morgan fingerprint density at radius 2 is 1.68 bits per heavy atom. The highest BCUT2D eigenvalue weighted by Crippen LogP contribution is 2.08. The van der Waals surface area contributed by atoms with Crippen LogP contribution in [-0.2, 0) is 9.59 Å². The summed E-state index contributed by atoms with van der Waals surface area (Å²) in [5.74, 6) is -1.32. The molecule has 0 saturated carbocycles. The van der Waals surface area contributed by atoms with Crippen molar-refractivity contribution < 1.29 is 14.7 Å². The summed E-state index contributed by atoms with van der Waals surface area (Å²) in [6.07, 6.45) is 11.3. The molecule has 0 aromatic rings. The number of amides is 1. The van der Waals surface area contributed by atoms with Gasteiger partial charge in [-0.25, -0.2) is 4.79 Å². The number of hydrogen-bond acceptors (Lipinski definition) is 2. The Labute approximate surface area is 115 Å². The van der Waals surface area contributed by atoms with E-state index in [1.807, 2.05) is 6.08 Å². The van der Waals surface area contributed by atoms with Crippen LogP contribution in [0.2, 0.25) is 0 Å². The summed E-state index contributed by atoms with van der Waals surface area (Å²) in [7, 11) is 0. The normalized spacial score (nSPS) is 11.1. The Balaban J connectivity index is 3.53. The van der Waals surface area contributed by atoms with E-state index >= 15 is 0 Å². The van der Waals surface area contributed by atoms with Gasteiger partial charge in [-0.15, -0.1) is 6.58 Å². The summed E-state index contributed by atoms with van der Waals surface area (Å²) in [5.41, 5.74) is -0.0468. The van der Waals surface area contributed by atoms with Gasteiger partial charge < -0.3 is 10.4 Å². The van der Waals surface area contributed by atoms with Crippen LogP contribution in [0.5, 0.6) is 0 Å². The topological polar surface area (TPSA) is 66.4 Å². The Bertz CT molecular complexity index is 321. The molecule has 2 N–H and O–H groups in total. The SMILES string of the molecule is C=CCCCCCCCCC(=O)NC(=CC)C(=O)O. The van der Waals surface area contributed by atoms with E-state index in [1.165, 1.54) is 25.3 Å². The molecule has 0 aliphatic carbocycles. The van der Waals surface area contributed by atoms with Crippen molar-refractivity contribution in [3.8, 4) is 0 Å². The third kappa shape index (κ3) is 10.1. The first-order valence-electron chi connectivity index (χ1n) is 6.92. The van der Waals surface area contributed by atoms with E-state index in [2.05, 4.69) is 11.9 Å². The van der Waals surface area contributed by atoms with E-state index in [4.69, 9.17) is 5.11 Å². The molecule has 0 aromatic carbocycles. The highest BCUT2D eigenvalue weighted by molar-refractivity contribution is 5.92. The van der Waals surface area contributed by atoms with Crippen molar-refractivity contribution in [1.29, 1.82) is 0 Å². The number of hydrogen-bond donors (Lipinski definition) is 2. The van der Waals surface area contributed by atoms with Crippen molar-refractivity contribution in [3.05, 3.63) is 24.4 Å². The van der Waals surface area contributed by atoms with Crippen LogP contribution in [0.4, 0.5) is 0 Å². The fourth-order valence-electron chi connectivity index (χ4n) is 1.74. The second-order valence-corrected chi connectivity index (χ2v) is 4.50. The molecule has 0 rings (SSSR count). The van der Waals surface area contributed by atoms with E-state index in [-0.39, 0.29) is 11.6 Å². The largest absolute Gasteiger partial charge is 0.477 e. The quantitative estimate of drug-likeness (QED) is 0.342. The maximum atomic E-state index is 11.5. The number of carbonyl (C=O) groups is 2. The molecule has 0 spiro atoms. The average Bonchev–Trinajstić information content (AvgIpc) is 2.38. The summed E-state index contributed by atoms with van der Waals surface area (Å²) in [6.45, 7) is 5.27. The molecule has 4 heteroatoms. The minimum Gasteiger partial charge on any atom is -0.477 e. The molecule has 0 saturated heterocycles. The molecule has 0 radical (unpaired) electrons. The van der Waals surface area contributed by atoms with Gasteiger partial charge in [-0.05, 0) is 26.2 Å². The average molecular weight is 267 g/mol. The second kappa shape index (κ2) is 11.5. The monoisotopic (exact) mass is 267 g/mol. The Morgan fingerprint density at radius 3 is 2.21 bits per heavy atom. The van der Waals surface area contributed by atoms with Gasteiger partial charge in [-0.2, -0.15) is 0 Å². The van der Waals surface area contributed by atoms with Crippen LogP contribution >= 0.6 is 0 Å². The molecule has 108 valence electrons. The van der Waals surface area contributed by atoms with Crippen molar-refractivity contribution >= 4 is 11.9 Å². The molecule has 19 heavy (non-hydrogen) atoms. The van der Waals surface area contributed by atoms with Gasteiger partial charge in [0.2, 0.25) is 5.91 Å². The predicted molar refractivity (Wildman–Crippen MR) is 76.7 cm³/mol. The number of rotatable bonds is 11. The number of allylic oxidation sites excluding steroid dienone is 2. The Morgan fingerprint density at radius 1 is 1.11 bits per heavy atom. The lowest BCUT2D eigenvalue weighted by Gasteiger charge is -2.05. The number of carboxylic acid groups (broad SMARTS) is 1. The van der Waals surface area contributed by atoms with Gasteiger partial charge >= 0.3 is 5.97 Å². The lowest BCUT2D eigenvalue weighted by atomic mass is 10.1. The van der Waals surface area contributed by atoms with E-state index < -0.39 is 5.97 Å². The lowest BCUT2D eigenvalue weighted by molar-refractivity contribution is -0.134. The van der Waals surface area contributed by atoms with Crippen LogP contribution in [0.1, 0.15) is 58.3 Å². The fourth-order valence-corrected chi connectivity index (χ4v) is 1.74. The van der Waals surface area contributed by atoms with Crippen LogP contribution < -0.4 is 5.32 Å². The molecule has 0 aromatic heterocycles. The van der Waals surface area contributed by atoms with Gasteiger partial charge in [0, 0.05) is 6.42 Å². The molecule has 0 bridgehead atoms. The molecular weight excluding hydrogens is 242 g/mol. The zero-order valence-electron chi connectivity index (χ0n) is 11.8. The Hall–Kier alpha value is -1.58. The van der Waals surface area contributed by atoms with Gasteiger partial charge in [-0.3, -0.25) is 4.79 Å². The van der Waals surface area contributed by atoms with Gasteiger partial charge in [0.15, 0.2) is 0 Å². The number of unbranched alkanes of at least 4 members (excludes halogenated alkanes) is 6. The van der Waals surface area contributed by atoms with Crippen molar-refractivity contribution in [2.75, 3.05) is 0 Å². The van der Waals surface area contributed by atoms with Gasteiger partial charge in [-0.1, -0.05) is 37.8 Å². The fraction of sp³-hybridized carbons (Fsp3) is 0.600. The highest BCUT2D eigenvalue weighted by atomic mass is 16.4. The third-order valence-electron chi connectivity index (χ3n) is 2.86. The van der Waals surface area contributed by atoms with Crippen molar-refractivity contribution in [2.45, 2.75) is 58.3 Å². The van der Waals surface area contributed by atoms with E-state index in [9.17, 15) is 9.59 Å². The molecule has 0 fully saturated rings. The van der Waals surface area contributed by atoms with Crippen LogP contribution in [-0.4, -0.2) is 17.0 Å². The number of aliphatic carboxylic acids is 1. The summed E-state index contributed by atoms with van der Waals surface area (Å²) in [5, 5.41) is 11.1. The van der Waals surface area contributed by atoms with Gasteiger partial charge in [0.05, 0.1) is 0 Å². The Kier molecular flexibility index (Phi) is 10.6. The maximum Gasteiger partial charge on any atom is 0.352 e. The van der Waals surface area contributed by atoms with Crippen LogP contribution in [0, 0.1) is 0 Å². The first-order valence-corrected chi connectivity index (χ1v) is 6.92. The molecule has 4 nitrogen and oxygen atoms in total. The molecule has 0 unspecified atom stereocenters. The predicted octanol–water partition coefficient (Wildman–Crippen LogP) is 3.40. The minimum atomic E-state index is -1.10. The van der Waals surface area contributed by atoms with E-state index in [0.717, 1.165) is 25.7 Å². The van der Waals surface area contributed by atoms with E-state index in [1.54, 1.807) is 6.92 Å². The molecule has 0 aliphatic heterocycles. The summed E-state index contributed by atoms with van der Waals surface area (Å²) >= 11 is 0. The highest BCUT2D eigenvalue weighted by Gasteiger charge is 2.09. The molecule has 0 aliphatic rings. The van der Waals surface area contributed by atoms with Crippen molar-refractivity contribution in [1.82, 2.24) is 5.32 Å². The summed E-state index contributed by atoms with van der Waals surface area (Å²) in [6, 6.07) is 0. The third-order valence-corrected chi connectivity index (χ3v) is 2.86. The van der Waals surface area contributed by atoms with Gasteiger partial charge in [0.25, 0.3) is 0 Å². The lowest BCUT2D eigenvalue weighted by Crippen LogP contribution is -2.26. The molecule has 0 atom stereocenters. The number of carboxylic acids is 1. The standard InChI is InChI=1S/C15H25NO3/c1-3-5-6-7-8-9-10-11-12-14(17)16-13(4-2)15(18)19/h3-4H,1,5-12H2,2H3,(H,16,17)(H,18,19). The van der Waals surface area contributed by atoms with E-state index in [0.29, 0.717) is 6.42 Å². The molecule has 0 heterocycles. The molecular formula is C15H25NO3. The maximum absolute atomic E-state index is 11.5.